The van der Waals surface area contributed by atoms with Crippen LogP contribution in [0, 0.1) is 0 Å². The molecule has 0 bridgehead atoms. The van der Waals surface area contributed by atoms with Gasteiger partial charge >= 0.3 is 0 Å². The molecule has 7 heteroatoms. The number of nitrogens with one attached hydrogen (secondary N) is 1. The lowest BCUT2D eigenvalue weighted by Crippen LogP contribution is -2.31. The van der Waals surface area contributed by atoms with E-state index in [4.69, 9.17) is 13.9 Å². The van der Waals surface area contributed by atoms with Crippen LogP contribution in [-0.2, 0) is 16.1 Å². The van der Waals surface area contributed by atoms with Crippen molar-refractivity contribution in [2.75, 3.05) is 19.5 Å². The first-order valence-electron chi connectivity index (χ1n) is 9.30. The van der Waals surface area contributed by atoms with E-state index in [9.17, 15) is 9.59 Å². The number of ether oxygens (including phenoxy) is 2. The average molecular weight is 404 g/mol. The highest BCUT2D eigenvalue weighted by Crippen LogP contribution is 2.37. The fraction of sp³-hybridized carbons (Fsp3) is 0.130. The van der Waals surface area contributed by atoms with Crippen LogP contribution in [0.15, 0.2) is 77.0 Å². The predicted octanol–water partition coefficient (Wildman–Crippen LogP) is 3.69. The third-order valence-electron chi connectivity index (χ3n) is 4.81. The van der Waals surface area contributed by atoms with Gasteiger partial charge in [0.15, 0.2) is 0 Å². The molecule has 0 atom stereocenters. The minimum absolute atomic E-state index is 0.0282. The van der Waals surface area contributed by atoms with Crippen molar-refractivity contribution >= 4 is 23.1 Å². The molecule has 0 fully saturated rings. The zero-order valence-electron chi connectivity index (χ0n) is 16.5. The highest BCUT2D eigenvalue weighted by Gasteiger charge is 2.40. The van der Waals surface area contributed by atoms with Gasteiger partial charge < -0.3 is 19.2 Å². The van der Waals surface area contributed by atoms with Crippen molar-refractivity contribution in [3.63, 3.8) is 0 Å². The molecule has 0 spiro atoms. The second-order valence-electron chi connectivity index (χ2n) is 6.55. The van der Waals surface area contributed by atoms with Crippen molar-refractivity contribution in [3.05, 3.63) is 83.9 Å². The lowest BCUT2D eigenvalue weighted by molar-refractivity contribution is -0.137. The van der Waals surface area contributed by atoms with Gasteiger partial charge in [-0.25, -0.2) is 0 Å². The number of methoxy groups -OCH3 is 2. The van der Waals surface area contributed by atoms with Gasteiger partial charge in [-0.3, -0.25) is 14.5 Å². The number of imide groups is 1. The molecule has 2 aromatic carbocycles. The number of hydrogen-bond acceptors (Lipinski definition) is 6. The van der Waals surface area contributed by atoms with Crippen LogP contribution in [0.2, 0.25) is 0 Å². The number of carbonyl (C=O) groups excluding carboxylic acids is 2. The molecule has 3 aromatic rings. The van der Waals surface area contributed by atoms with E-state index in [0.29, 0.717) is 28.5 Å². The lowest BCUT2D eigenvalue weighted by atomic mass is 10.0. The third-order valence-corrected chi connectivity index (χ3v) is 4.81. The van der Waals surface area contributed by atoms with Gasteiger partial charge in [-0.15, -0.1) is 0 Å². The minimum Gasteiger partial charge on any atom is -0.496 e. The summed E-state index contributed by atoms with van der Waals surface area (Å²) in [6.07, 6.45) is 1.50. The van der Waals surface area contributed by atoms with Crippen LogP contribution in [0.1, 0.15) is 11.3 Å². The van der Waals surface area contributed by atoms with Crippen LogP contribution in [-0.4, -0.2) is 30.9 Å². The van der Waals surface area contributed by atoms with Gasteiger partial charge in [0, 0.05) is 5.56 Å². The average Bonchev–Trinajstić information content (AvgIpc) is 3.37. The number of furan rings is 1. The van der Waals surface area contributed by atoms with E-state index in [1.54, 1.807) is 55.6 Å². The summed E-state index contributed by atoms with van der Waals surface area (Å²) >= 11 is 0. The second kappa shape index (κ2) is 8.16. The van der Waals surface area contributed by atoms with Gasteiger partial charge in [0.2, 0.25) is 0 Å². The molecular weight excluding hydrogens is 384 g/mol. The van der Waals surface area contributed by atoms with E-state index >= 15 is 0 Å². The number of amides is 2. The van der Waals surface area contributed by atoms with E-state index in [1.165, 1.54) is 13.4 Å². The SMILES string of the molecule is COc1ccccc1NC1=C(c2ccccc2OC)C(=O)N(Cc2ccco2)C1=O. The topological polar surface area (TPSA) is 81.0 Å². The second-order valence-corrected chi connectivity index (χ2v) is 6.55. The van der Waals surface area contributed by atoms with E-state index in [1.807, 2.05) is 12.1 Å². The number of benzene rings is 2. The quantitative estimate of drug-likeness (QED) is 0.605. The lowest BCUT2D eigenvalue weighted by Gasteiger charge is -2.14. The van der Waals surface area contributed by atoms with Crippen molar-refractivity contribution < 1.29 is 23.5 Å². The normalized spacial score (nSPS) is 13.7. The van der Waals surface area contributed by atoms with Crippen molar-refractivity contribution in [1.29, 1.82) is 0 Å². The molecule has 0 saturated heterocycles. The van der Waals surface area contributed by atoms with Gasteiger partial charge in [-0.2, -0.15) is 0 Å². The summed E-state index contributed by atoms with van der Waals surface area (Å²) in [5.74, 6) is 0.665. The molecule has 1 aromatic heterocycles. The molecule has 4 rings (SSSR count). The van der Waals surface area contributed by atoms with Crippen molar-refractivity contribution in [1.82, 2.24) is 4.90 Å². The number of anilines is 1. The molecule has 1 aliphatic rings. The molecule has 0 unspecified atom stereocenters. The number of carbonyl (C=O) groups is 2. The summed E-state index contributed by atoms with van der Waals surface area (Å²) in [6.45, 7) is 0.0282. The fourth-order valence-electron chi connectivity index (χ4n) is 3.38. The molecule has 2 amide bonds. The molecular formula is C23H20N2O5. The van der Waals surface area contributed by atoms with Gasteiger partial charge in [-0.1, -0.05) is 30.3 Å². The zero-order chi connectivity index (χ0) is 21.1. The maximum Gasteiger partial charge on any atom is 0.278 e. The third kappa shape index (κ3) is 3.41. The summed E-state index contributed by atoms with van der Waals surface area (Å²) in [4.78, 5) is 27.8. The molecule has 0 radical (unpaired) electrons. The monoisotopic (exact) mass is 404 g/mol. The number of hydrogen-bond donors (Lipinski definition) is 1. The summed E-state index contributed by atoms with van der Waals surface area (Å²) in [5.41, 5.74) is 1.48. The molecule has 1 aliphatic heterocycles. The van der Waals surface area contributed by atoms with Crippen LogP contribution < -0.4 is 14.8 Å². The zero-order valence-corrected chi connectivity index (χ0v) is 16.5. The summed E-state index contributed by atoms with van der Waals surface area (Å²) in [6, 6.07) is 17.7. The predicted molar refractivity (Wildman–Crippen MR) is 111 cm³/mol. The van der Waals surface area contributed by atoms with Crippen LogP contribution in [0.25, 0.3) is 5.57 Å². The Bertz CT molecular complexity index is 1120. The number of nitrogens with zero attached hydrogens (tertiary/aromatic N) is 1. The summed E-state index contributed by atoms with van der Waals surface area (Å²) < 4.78 is 16.2. The Balaban J connectivity index is 1.82. The summed E-state index contributed by atoms with van der Waals surface area (Å²) in [7, 11) is 3.06. The summed E-state index contributed by atoms with van der Waals surface area (Å²) in [5, 5.41) is 3.11. The minimum atomic E-state index is -0.455. The van der Waals surface area contributed by atoms with Crippen molar-refractivity contribution in [2.24, 2.45) is 0 Å². The smallest absolute Gasteiger partial charge is 0.278 e. The first-order chi connectivity index (χ1) is 14.6. The van der Waals surface area contributed by atoms with Gasteiger partial charge in [0.05, 0.1) is 38.3 Å². The standard InChI is InChI=1S/C23H20N2O5/c1-28-18-11-5-3-9-16(18)20-21(24-17-10-4-6-12-19(17)29-2)23(27)25(22(20)26)14-15-8-7-13-30-15/h3-13,24H,14H2,1-2H3. The van der Waals surface area contributed by atoms with Crippen LogP contribution in [0.4, 0.5) is 5.69 Å². The van der Waals surface area contributed by atoms with Crippen molar-refractivity contribution in [2.45, 2.75) is 6.54 Å². The van der Waals surface area contributed by atoms with Crippen LogP contribution in [0.5, 0.6) is 11.5 Å². The molecule has 0 saturated carbocycles. The van der Waals surface area contributed by atoms with E-state index in [-0.39, 0.29) is 17.8 Å². The van der Waals surface area contributed by atoms with Gasteiger partial charge in [-0.05, 0) is 30.3 Å². The number of para-hydroxylation sites is 3. The van der Waals surface area contributed by atoms with Crippen LogP contribution in [0.3, 0.4) is 0 Å². The van der Waals surface area contributed by atoms with Crippen LogP contribution >= 0.6 is 0 Å². The van der Waals surface area contributed by atoms with Gasteiger partial charge in [0.25, 0.3) is 11.8 Å². The largest absolute Gasteiger partial charge is 0.496 e. The Labute approximate surface area is 173 Å². The van der Waals surface area contributed by atoms with Crippen molar-refractivity contribution in [3.8, 4) is 11.5 Å². The Kier molecular flexibility index (Phi) is 5.26. The Morgan fingerprint density at radius 2 is 1.57 bits per heavy atom. The molecule has 152 valence electrons. The number of rotatable bonds is 7. The fourth-order valence-corrected chi connectivity index (χ4v) is 3.38. The maximum absolute atomic E-state index is 13.3. The highest BCUT2D eigenvalue weighted by molar-refractivity contribution is 6.37. The molecule has 7 nitrogen and oxygen atoms in total. The van der Waals surface area contributed by atoms with E-state index in [0.717, 1.165) is 4.90 Å². The first-order valence-corrected chi connectivity index (χ1v) is 9.30. The van der Waals surface area contributed by atoms with E-state index < -0.39 is 11.8 Å². The molecule has 2 heterocycles. The Morgan fingerprint density at radius 1 is 0.867 bits per heavy atom. The highest BCUT2D eigenvalue weighted by atomic mass is 16.5. The first kappa shape index (κ1) is 19.3. The maximum atomic E-state index is 13.3. The molecule has 0 aliphatic carbocycles. The Morgan fingerprint density at radius 3 is 2.27 bits per heavy atom. The Hall–Kier alpha value is -4.00. The molecule has 30 heavy (non-hydrogen) atoms. The van der Waals surface area contributed by atoms with E-state index in [2.05, 4.69) is 5.32 Å². The molecule has 1 N–H and O–H groups in total. The van der Waals surface area contributed by atoms with Gasteiger partial charge in [0.1, 0.15) is 23.0 Å².